The Morgan fingerprint density at radius 3 is 2.55 bits per heavy atom. The van der Waals surface area contributed by atoms with Gasteiger partial charge >= 0.3 is 0 Å². The Morgan fingerprint density at radius 2 is 2.00 bits per heavy atom. The van der Waals surface area contributed by atoms with Gasteiger partial charge in [0, 0.05) is 12.6 Å². The topological polar surface area (TPSA) is 31.2 Å². The maximum Gasteiger partial charge on any atom is 0.272 e. The summed E-state index contributed by atoms with van der Waals surface area (Å²) in [6, 6.07) is 7.43. The fourth-order valence-corrected chi connectivity index (χ4v) is 0.933. The number of benzene rings is 1. The van der Waals surface area contributed by atoms with Crippen LogP contribution in [0.15, 0.2) is 24.3 Å². The van der Waals surface area contributed by atoms with Gasteiger partial charge in [0.15, 0.2) is 0 Å². The molecule has 2 nitrogen and oxygen atoms in total. The molecule has 1 amide bonds. The molecule has 0 fully saturated rings. The van der Waals surface area contributed by atoms with E-state index in [2.05, 4.69) is 5.32 Å². The van der Waals surface area contributed by atoms with Crippen LogP contribution in [-0.2, 0) is 0 Å². The molecule has 0 aliphatic rings. The van der Waals surface area contributed by atoms with E-state index in [1.54, 1.807) is 6.07 Å². The third kappa shape index (κ3) is 1.58. The molecule has 0 N–H and O–H groups in total. The van der Waals surface area contributed by atoms with Crippen LogP contribution in [0.4, 0.5) is 0 Å². The van der Waals surface area contributed by atoms with E-state index in [1.165, 1.54) is 7.05 Å². The summed E-state index contributed by atoms with van der Waals surface area (Å²) < 4.78 is 0. The van der Waals surface area contributed by atoms with Crippen LogP contribution >= 0.6 is 0 Å². The third-order valence-electron chi connectivity index (χ3n) is 1.58. The molecule has 0 aromatic heterocycles. The number of carbonyl (C=O) groups is 1. The minimum atomic E-state index is -0.150. The number of hydrogen-bond acceptors (Lipinski definition) is 1. The first-order valence-electron chi connectivity index (χ1n) is 3.45. The third-order valence-corrected chi connectivity index (χ3v) is 1.58. The van der Waals surface area contributed by atoms with Crippen LogP contribution in [0.1, 0.15) is 15.9 Å². The number of amides is 1. The second-order valence-electron chi connectivity index (χ2n) is 2.34. The average molecular weight is 148 g/mol. The summed E-state index contributed by atoms with van der Waals surface area (Å²) in [5, 5.41) is 3.58. The number of aryl methyl sites for hydroxylation is 1. The van der Waals surface area contributed by atoms with Crippen molar-refractivity contribution in [1.82, 2.24) is 5.32 Å². The monoisotopic (exact) mass is 148 g/mol. The van der Waals surface area contributed by atoms with Crippen molar-refractivity contribution in [3.63, 3.8) is 0 Å². The smallest absolute Gasteiger partial charge is 0.267 e. The summed E-state index contributed by atoms with van der Waals surface area (Å²) in [4.78, 5) is 11.1. The first-order chi connectivity index (χ1) is 5.25. The van der Waals surface area contributed by atoms with Crippen LogP contribution in [0, 0.1) is 6.92 Å². The summed E-state index contributed by atoms with van der Waals surface area (Å²) in [5.41, 5.74) is 1.66. The van der Waals surface area contributed by atoms with Gasteiger partial charge in [-0.05, 0) is 18.6 Å². The molecule has 11 heavy (non-hydrogen) atoms. The van der Waals surface area contributed by atoms with Crippen molar-refractivity contribution in [1.29, 1.82) is 0 Å². The fraction of sp³-hybridized carbons (Fsp3) is 0.222. The van der Waals surface area contributed by atoms with Gasteiger partial charge in [0.25, 0.3) is 5.91 Å². The lowest BCUT2D eigenvalue weighted by atomic mass is 10.1. The summed E-state index contributed by atoms with van der Waals surface area (Å²) >= 11 is 0. The molecule has 0 bridgehead atoms. The van der Waals surface area contributed by atoms with Gasteiger partial charge < -0.3 is 0 Å². The Hall–Kier alpha value is -1.31. The standard InChI is InChI=1S/C9H10NO/c1-7-5-3-4-6-8(7)9(11)10-2/h3-6H,1-2H3. The lowest BCUT2D eigenvalue weighted by molar-refractivity contribution is 0.0958. The van der Waals surface area contributed by atoms with E-state index in [4.69, 9.17) is 0 Å². The summed E-state index contributed by atoms with van der Waals surface area (Å²) in [6.45, 7) is 1.90. The van der Waals surface area contributed by atoms with Crippen LogP contribution in [0.2, 0.25) is 0 Å². The molecular formula is C9H10NO. The van der Waals surface area contributed by atoms with Gasteiger partial charge in [-0.25, -0.2) is 0 Å². The van der Waals surface area contributed by atoms with Gasteiger partial charge in [-0.2, -0.15) is 0 Å². The Kier molecular flexibility index (Phi) is 2.26. The van der Waals surface area contributed by atoms with Crippen LogP contribution in [0.3, 0.4) is 0 Å². The first-order valence-corrected chi connectivity index (χ1v) is 3.45. The van der Waals surface area contributed by atoms with E-state index in [0.29, 0.717) is 5.56 Å². The molecule has 57 valence electrons. The minimum Gasteiger partial charge on any atom is -0.267 e. The SMILES string of the molecule is C[N]C(=O)c1ccccc1C. The van der Waals surface area contributed by atoms with E-state index >= 15 is 0 Å². The molecule has 0 atom stereocenters. The maximum absolute atomic E-state index is 11.1. The predicted molar refractivity (Wildman–Crippen MR) is 43.6 cm³/mol. The fourth-order valence-electron chi connectivity index (χ4n) is 0.933. The van der Waals surface area contributed by atoms with Crippen LogP contribution in [-0.4, -0.2) is 13.0 Å². The minimum absolute atomic E-state index is 0.150. The lowest BCUT2D eigenvalue weighted by Crippen LogP contribution is -2.11. The van der Waals surface area contributed by atoms with E-state index in [1.807, 2.05) is 25.1 Å². The second kappa shape index (κ2) is 3.19. The van der Waals surface area contributed by atoms with Gasteiger partial charge in [-0.3, -0.25) is 10.1 Å². The molecule has 0 aliphatic carbocycles. The van der Waals surface area contributed by atoms with E-state index < -0.39 is 0 Å². The predicted octanol–water partition coefficient (Wildman–Crippen LogP) is 1.37. The molecule has 1 radical (unpaired) electrons. The number of rotatable bonds is 1. The zero-order valence-corrected chi connectivity index (χ0v) is 6.66. The Balaban J connectivity index is 3.03. The van der Waals surface area contributed by atoms with Crippen molar-refractivity contribution in [3.8, 4) is 0 Å². The molecule has 1 aromatic carbocycles. The first kappa shape index (κ1) is 7.79. The van der Waals surface area contributed by atoms with Gasteiger partial charge in [0.2, 0.25) is 0 Å². The molecule has 0 unspecified atom stereocenters. The molecule has 0 spiro atoms. The Morgan fingerprint density at radius 1 is 1.36 bits per heavy atom. The molecular weight excluding hydrogens is 138 g/mol. The van der Waals surface area contributed by atoms with Crippen molar-refractivity contribution in [2.24, 2.45) is 0 Å². The molecule has 0 saturated carbocycles. The van der Waals surface area contributed by atoms with Crippen molar-refractivity contribution in [2.45, 2.75) is 6.92 Å². The molecule has 2 heteroatoms. The van der Waals surface area contributed by atoms with Crippen molar-refractivity contribution in [3.05, 3.63) is 35.4 Å². The second-order valence-corrected chi connectivity index (χ2v) is 2.34. The van der Waals surface area contributed by atoms with Crippen LogP contribution < -0.4 is 5.32 Å². The van der Waals surface area contributed by atoms with Crippen molar-refractivity contribution < 1.29 is 4.79 Å². The number of carbonyl (C=O) groups excluding carboxylic acids is 1. The lowest BCUT2D eigenvalue weighted by Gasteiger charge is -2.00. The number of hydrogen-bond donors (Lipinski definition) is 0. The summed E-state index contributed by atoms with van der Waals surface area (Å²) in [7, 11) is 1.51. The zero-order chi connectivity index (χ0) is 8.27. The molecule has 1 aromatic rings. The van der Waals surface area contributed by atoms with E-state index in [9.17, 15) is 4.79 Å². The normalized spacial score (nSPS) is 9.27. The molecule has 0 heterocycles. The quantitative estimate of drug-likeness (QED) is 0.591. The highest BCUT2D eigenvalue weighted by Gasteiger charge is 2.05. The van der Waals surface area contributed by atoms with E-state index in [0.717, 1.165) is 5.56 Å². The van der Waals surface area contributed by atoms with Gasteiger partial charge in [-0.15, -0.1) is 0 Å². The van der Waals surface area contributed by atoms with Crippen molar-refractivity contribution >= 4 is 5.91 Å². The Bertz CT molecular complexity index is 268. The van der Waals surface area contributed by atoms with Crippen molar-refractivity contribution in [2.75, 3.05) is 7.05 Å². The summed E-state index contributed by atoms with van der Waals surface area (Å²) in [5.74, 6) is -0.150. The molecule has 0 aliphatic heterocycles. The van der Waals surface area contributed by atoms with Gasteiger partial charge in [-0.1, -0.05) is 18.2 Å². The highest BCUT2D eigenvalue weighted by Crippen LogP contribution is 2.05. The maximum atomic E-state index is 11.1. The van der Waals surface area contributed by atoms with Gasteiger partial charge in [0.1, 0.15) is 0 Å². The van der Waals surface area contributed by atoms with Crippen LogP contribution in [0.25, 0.3) is 0 Å². The summed E-state index contributed by atoms with van der Waals surface area (Å²) in [6.07, 6.45) is 0. The number of nitrogens with zero attached hydrogens (tertiary/aromatic N) is 1. The highest BCUT2D eigenvalue weighted by atomic mass is 16.1. The molecule has 0 saturated heterocycles. The highest BCUT2D eigenvalue weighted by molar-refractivity contribution is 5.95. The van der Waals surface area contributed by atoms with Crippen LogP contribution in [0.5, 0.6) is 0 Å². The van der Waals surface area contributed by atoms with E-state index in [-0.39, 0.29) is 5.91 Å². The molecule has 1 rings (SSSR count). The zero-order valence-electron chi connectivity index (χ0n) is 6.66. The Labute approximate surface area is 66.2 Å². The van der Waals surface area contributed by atoms with Gasteiger partial charge in [0.05, 0.1) is 0 Å². The average Bonchev–Trinajstić information content (AvgIpc) is 2.04. The largest absolute Gasteiger partial charge is 0.272 e.